The van der Waals surface area contributed by atoms with Gasteiger partial charge in [-0.1, -0.05) is 110 Å². The topological polar surface area (TPSA) is 90.0 Å². The lowest BCUT2D eigenvalue weighted by atomic mass is 10.0. The Morgan fingerprint density at radius 3 is 1.32 bits per heavy atom. The molecule has 0 spiro atoms. The van der Waals surface area contributed by atoms with Crippen molar-refractivity contribution in [2.45, 2.75) is 135 Å². The molecule has 0 aromatic rings. The second-order valence-electron chi connectivity index (χ2n) is 8.52. The third-order valence-corrected chi connectivity index (χ3v) is 5.60. The normalized spacial score (nSPS) is 13.4. The summed E-state index contributed by atoms with van der Waals surface area (Å²) in [7, 11) is 0. The minimum Gasteiger partial charge on any atom is -0.343 e. The number of nitrogens with two attached hydrogens (primary N) is 1. The van der Waals surface area contributed by atoms with Gasteiger partial charge in [0.15, 0.2) is 0 Å². The summed E-state index contributed by atoms with van der Waals surface area (Å²) in [6.07, 6.45) is 21.8. The van der Waals surface area contributed by atoms with Crippen LogP contribution in [0.2, 0.25) is 0 Å². The molecule has 170 valence electrons. The lowest BCUT2D eigenvalue weighted by molar-refractivity contribution is -0.319. The van der Waals surface area contributed by atoms with Crippen LogP contribution in [0.1, 0.15) is 123 Å². The maximum Gasteiger partial charge on any atom is 0.288 e. The van der Waals surface area contributed by atoms with Gasteiger partial charge in [-0.2, -0.15) is 0 Å². The van der Waals surface area contributed by atoms with Crippen LogP contribution in [0.25, 0.3) is 0 Å². The van der Waals surface area contributed by atoms with Gasteiger partial charge >= 0.3 is 0 Å². The van der Waals surface area contributed by atoms with Crippen molar-refractivity contribution >= 4 is 0 Å². The number of rotatable bonds is 21. The summed E-state index contributed by atoms with van der Waals surface area (Å²) in [5.41, 5.74) is 5.98. The smallest absolute Gasteiger partial charge is 0.288 e. The Bertz CT molecular complexity index is 321. The fourth-order valence-corrected chi connectivity index (χ4v) is 3.76. The summed E-state index contributed by atoms with van der Waals surface area (Å²) in [6, 6.07) is 0. The number of unbranched alkanes of at least 4 members (excludes halogenated alkanes) is 15. The van der Waals surface area contributed by atoms with E-state index in [2.05, 4.69) is 6.92 Å². The molecule has 0 saturated heterocycles. The van der Waals surface area contributed by atoms with Crippen molar-refractivity contribution in [1.82, 2.24) is 4.90 Å². The van der Waals surface area contributed by atoms with E-state index in [9.17, 15) is 15.3 Å². The molecule has 0 aliphatic carbocycles. The maximum absolute atomic E-state index is 9.18. The average Bonchev–Trinajstić information content (AvgIpc) is 2.65. The van der Waals surface area contributed by atoms with E-state index in [1.54, 1.807) is 4.90 Å². The minimum atomic E-state index is -2.66. The minimum absolute atomic E-state index is 0.221. The summed E-state index contributed by atoms with van der Waals surface area (Å²) in [6.45, 7) is 4.70. The van der Waals surface area contributed by atoms with Crippen molar-refractivity contribution in [3.63, 3.8) is 0 Å². The standard InChI is InChI=1S/C23H50N2O3/c1-3-5-6-7-8-9-10-11-12-13-14-15-16-17-18-19-20-25(22(24)4-2)21-23(26,27)28/h22,26-28H,3-21,24H2,1-2H3. The Morgan fingerprint density at radius 2 is 1.00 bits per heavy atom. The average molecular weight is 403 g/mol. The lowest BCUT2D eigenvalue weighted by Gasteiger charge is -2.31. The summed E-state index contributed by atoms with van der Waals surface area (Å²) < 4.78 is 0. The molecule has 1 atom stereocenters. The molecule has 5 heteroatoms. The van der Waals surface area contributed by atoms with Gasteiger partial charge in [0.2, 0.25) is 0 Å². The van der Waals surface area contributed by atoms with Gasteiger partial charge in [-0.25, -0.2) is 0 Å². The first-order valence-electron chi connectivity index (χ1n) is 12.1. The maximum atomic E-state index is 9.18. The van der Waals surface area contributed by atoms with Crippen LogP contribution in [0.3, 0.4) is 0 Å². The Balaban J connectivity index is 3.42. The number of aliphatic hydroxyl groups is 3. The molecule has 0 amide bonds. The van der Waals surface area contributed by atoms with Crippen molar-refractivity contribution in [3.8, 4) is 0 Å². The van der Waals surface area contributed by atoms with E-state index in [0.717, 1.165) is 19.3 Å². The fraction of sp³-hybridized carbons (Fsp3) is 1.00. The molecule has 5 N–H and O–H groups in total. The molecule has 0 aliphatic heterocycles. The van der Waals surface area contributed by atoms with Crippen LogP contribution in [0, 0.1) is 0 Å². The highest BCUT2D eigenvalue weighted by Crippen LogP contribution is 2.14. The third-order valence-electron chi connectivity index (χ3n) is 5.60. The molecule has 0 aliphatic rings. The Hall–Kier alpha value is -0.200. The van der Waals surface area contributed by atoms with E-state index >= 15 is 0 Å². The molecule has 28 heavy (non-hydrogen) atoms. The molecular formula is C23H50N2O3. The molecule has 0 radical (unpaired) electrons. The van der Waals surface area contributed by atoms with Crippen LogP contribution < -0.4 is 5.73 Å². The van der Waals surface area contributed by atoms with E-state index in [4.69, 9.17) is 5.73 Å². The van der Waals surface area contributed by atoms with E-state index < -0.39 is 5.97 Å². The van der Waals surface area contributed by atoms with Crippen LogP contribution >= 0.6 is 0 Å². The van der Waals surface area contributed by atoms with Crippen molar-refractivity contribution < 1.29 is 15.3 Å². The van der Waals surface area contributed by atoms with Crippen LogP contribution in [-0.4, -0.2) is 45.4 Å². The van der Waals surface area contributed by atoms with Gasteiger partial charge in [0.05, 0.1) is 12.7 Å². The van der Waals surface area contributed by atoms with Crippen molar-refractivity contribution in [2.75, 3.05) is 13.1 Å². The Morgan fingerprint density at radius 1 is 0.643 bits per heavy atom. The predicted molar refractivity (Wildman–Crippen MR) is 119 cm³/mol. The number of hydrogen-bond donors (Lipinski definition) is 4. The van der Waals surface area contributed by atoms with Crippen molar-refractivity contribution in [3.05, 3.63) is 0 Å². The Kier molecular flexibility index (Phi) is 18.7. The summed E-state index contributed by atoms with van der Waals surface area (Å²) in [5.74, 6) is -2.66. The monoisotopic (exact) mass is 402 g/mol. The molecule has 0 rings (SSSR count). The van der Waals surface area contributed by atoms with Crippen LogP contribution in [0.4, 0.5) is 0 Å². The molecule has 0 aromatic carbocycles. The van der Waals surface area contributed by atoms with Crippen LogP contribution in [-0.2, 0) is 0 Å². The number of nitrogens with zero attached hydrogens (tertiary/aromatic N) is 1. The fourth-order valence-electron chi connectivity index (χ4n) is 3.76. The summed E-state index contributed by atoms with van der Waals surface area (Å²) >= 11 is 0. The van der Waals surface area contributed by atoms with E-state index in [-0.39, 0.29) is 12.7 Å². The van der Waals surface area contributed by atoms with Gasteiger partial charge in [0, 0.05) is 0 Å². The third kappa shape index (κ3) is 19.1. The Labute approximate surface area is 174 Å². The molecular weight excluding hydrogens is 352 g/mol. The van der Waals surface area contributed by atoms with Gasteiger partial charge in [-0.05, 0) is 19.4 Å². The second-order valence-corrected chi connectivity index (χ2v) is 8.52. The van der Waals surface area contributed by atoms with Gasteiger partial charge < -0.3 is 21.1 Å². The SMILES string of the molecule is CCCCCCCCCCCCCCCCCCN(CC(O)(O)O)C(N)CC. The summed E-state index contributed by atoms with van der Waals surface area (Å²) in [4.78, 5) is 1.75. The highest BCUT2D eigenvalue weighted by molar-refractivity contribution is 4.68. The number of hydrogen-bond acceptors (Lipinski definition) is 5. The summed E-state index contributed by atoms with van der Waals surface area (Å²) in [5, 5.41) is 27.5. The first kappa shape index (κ1) is 27.8. The predicted octanol–water partition coefficient (Wildman–Crippen LogP) is 4.88. The molecule has 0 saturated carbocycles. The highest BCUT2D eigenvalue weighted by Gasteiger charge is 2.25. The first-order valence-corrected chi connectivity index (χ1v) is 12.1. The largest absolute Gasteiger partial charge is 0.343 e. The lowest BCUT2D eigenvalue weighted by Crippen LogP contribution is -2.50. The van der Waals surface area contributed by atoms with Gasteiger partial charge in [0.1, 0.15) is 0 Å². The molecule has 1 unspecified atom stereocenters. The highest BCUT2D eigenvalue weighted by atomic mass is 16.7. The first-order chi connectivity index (χ1) is 13.4. The van der Waals surface area contributed by atoms with Gasteiger partial charge in [-0.15, -0.1) is 0 Å². The zero-order valence-electron chi connectivity index (χ0n) is 18.9. The van der Waals surface area contributed by atoms with E-state index in [1.807, 2.05) is 6.92 Å². The van der Waals surface area contributed by atoms with Crippen molar-refractivity contribution in [2.24, 2.45) is 5.73 Å². The second kappa shape index (κ2) is 18.8. The quantitative estimate of drug-likeness (QED) is 0.162. The molecule has 5 nitrogen and oxygen atoms in total. The van der Waals surface area contributed by atoms with Gasteiger partial charge in [0.25, 0.3) is 5.97 Å². The van der Waals surface area contributed by atoms with Crippen LogP contribution in [0.5, 0.6) is 0 Å². The van der Waals surface area contributed by atoms with E-state index in [0.29, 0.717) is 6.54 Å². The molecule has 0 bridgehead atoms. The zero-order valence-corrected chi connectivity index (χ0v) is 18.9. The van der Waals surface area contributed by atoms with Crippen molar-refractivity contribution in [1.29, 1.82) is 0 Å². The molecule has 0 aromatic heterocycles. The zero-order chi connectivity index (χ0) is 21.1. The van der Waals surface area contributed by atoms with Crippen LogP contribution in [0.15, 0.2) is 0 Å². The van der Waals surface area contributed by atoms with E-state index in [1.165, 1.54) is 89.9 Å². The molecule has 0 heterocycles. The van der Waals surface area contributed by atoms with Gasteiger partial charge in [-0.3, -0.25) is 4.90 Å². The molecule has 0 fully saturated rings.